The van der Waals surface area contributed by atoms with Crippen LogP contribution in [0.4, 0.5) is 11.6 Å². The van der Waals surface area contributed by atoms with E-state index in [1.165, 1.54) is 11.1 Å². The Morgan fingerprint density at radius 1 is 0.775 bits per heavy atom. The Hall–Kier alpha value is -1.72. The van der Waals surface area contributed by atoms with E-state index in [2.05, 4.69) is 65.6 Å². The largest absolute Gasteiger partial charge is 0.496 e. The van der Waals surface area contributed by atoms with Crippen LogP contribution < -0.4 is 15.3 Å². The molecule has 8 nitrogen and oxygen atoms in total. The van der Waals surface area contributed by atoms with E-state index in [1.54, 1.807) is 0 Å². The number of anilines is 2. The molecule has 2 aromatic rings. The summed E-state index contributed by atoms with van der Waals surface area (Å²) in [6.45, 7) is 13.5. The molecule has 3 aliphatic heterocycles. The minimum absolute atomic E-state index is 0.0259. The van der Waals surface area contributed by atoms with Crippen molar-refractivity contribution in [2.75, 3.05) is 49.2 Å². The molecule has 2 aromatic heterocycles. The molecule has 5 aliphatic rings. The molecule has 2 spiro atoms. The number of aromatic nitrogens is 2. The van der Waals surface area contributed by atoms with Crippen LogP contribution >= 0.6 is 15.9 Å². The quantitative estimate of drug-likeness (QED) is 0.454. The van der Waals surface area contributed by atoms with Crippen LogP contribution in [0.15, 0.2) is 29.0 Å². The number of hydrogen-bond donors (Lipinski definition) is 0. The Labute approximate surface area is 246 Å². The lowest BCUT2D eigenvalue weighted by Crippen LogP contribution is -2.45. The highest BCUT2D eigenvalue weighted by atomic mass is 79.9. The normalized spacial score (nSPS) is 25.6. The zero-order chi connectivity index (χ0) is 27.8. The maximum Gasteiger partial charge on any atom is 0.496 e. The summed E-state index contributed by atoms with van der Waals surface area (Å²) in [6, 6.07) is 4.50. The fourth-order valence-electron chi connectivity index (χ4n) is 6.25. The van der Waals surface area contributed by atoms with Gasteiger partial charge in [-0.3, -0.25) is 0 Å². The van der Waals surface area contributed by atoms with Gasteiger partial charge in [-0.05, 0) is 99.3 Å². The van der Waals surface area contributed by atoms with Gasteiger partial charge in [0.25, 0.3) is 0 Å². The highest BCUT2D eigenvalue weighted by Gasteiger charge is 2.52. The molecule has 3 saturated heterocycles. The van der Waals surface area contributed by atoms with Gasteiger partial charge in [-0.15, -0.1) is 0 Å². The predicted molar refractivity (Wildman–Crippen MR) is 160 cm³/mol. The summed E-state index contributed by atoms with van der Waals surface area (Å²) in [4.78, 5) is 14.8. The van der Waals surface area contributed by atoms with Gasteiger partial charge in [0, 0.05) is 48.5 Å². The zero-order valence-electron chi connectivity index (χ0n) is 24.2. The van der Waals surface area contributed by atoms with Crippen LogP contribution in [-0.4, -0.2) is 78.9 Å². The number of hydrogen-bond acceptors (Lipinski definition) is 8. The number of aryl methyl sites for hydroxylation is 2. The summed E-state index contributed by atoms with van der Waals surface area (Å²) in [6.07, 6.45) is 10.2. The highest BCUT2D eigenvalue weighted by Crippen LogP contribution is 2.44. The van der Waals surface area contributed by atoms with Gasteiger partial charge in [0.15, 0.2) is 0 Å². The molecule has 2 saturated carbocycles. The molecule has 0 N–H and O–H groups in total. The van der Waals surface area contributed by atoms with Gasteiger partial charge in [0.05, 0.1) is 35.6 Å². The molecule has 40 heavy (non-hydrogen) atoms. The fraction of sp³-hybridized carbons (Fsp3) is 0.667. The van der Waals surface area contributed by atoms with Crippen molar-refractivity contribution in [2.45, 2.75) is 88.6 Å². The summed E-state index contributed by atoms with van der Waals surface area (Å²) in [5, 5.41) is 0. The minimum Gasteiger partial charge on any atom is -0.399 e. The molecule has 5 heterocycles. The maximum absolute atomic E-state index is 6.41. The van der Waals surface area contributed by atoms with Crippen molar-refractivity contribution in [1.82, 2.24) is 9.97 Å². The molecule has 214 valence electrons. The lowest BCUT2D eigenvalue weighted by Gasteiger charge is -2.36. The summed E-state index contributed by atoms with van der Waals surface area (Å²) in [5.41, 5.74) is 2.73. The first-order valence-electron chi connectivity index (χ1n) is 14.8. The van der Waals surface area contributed by atoms with E-state index in [0.29, 0.717) is 0 Å². The van der Waals surface area contributed by atoms with Gasteiger partial charge in [-0.2, -0.15) is 0 Å². The maximum atomic E-state index is 6.41. The smallest absolute Gasteiger partial charge is 0.399 e. The van der Waals surface area contributed by atoms with Crippen molar-refractivity contribution < 1.29 is 18.8 Å². The van der Waals surface area contributed by atoms with E-state index in [-0.39, 0.29) is 11.2 Å². The van der Waals surface area contributed by atoms with Crippen LogP contribution in [0.3, 0.4) is 0 Å². The standard InChI is InChI=1S/C30H40BBrN4O4/c1-27(2)28(3,4)40-31(39-27)23-15-21(25(33-17-23)35-11-13-37-29(19-35)7-8-29)5-6-22-16-24(32)18-34-26(22)36-12-14-38-30(20-36)9-10-30/h15-18H,5-14,19-20H2,1-4H3. The van der Waals surface area contributed by atoms with E-state index in [1.807, 2.05) is 12.4 Å². The second-order valence-corrected chi connectivity index (χ2v) is 14.3. The summed E-state index contributed by atoms with van der Waals surface area (Å²) >= 11 is 3.68. The number of morpholine rings is 2. The molecule has 0 unspecified atom stereocenters. The van der Waals surface area contributed by atoms with Crippen molar-refractivity contribution in [3.8, 4) is 0 Å². The molecule has 5 fully saturated rings. The SMILES string of the molecule is CC1(C)OB(c2cnc(N3CCOC4(CC4)C3)c(CCc3cc(Br)cnc3N3CCOC4(CC4)C3)c2)OC1(C)C. The summed E-state index contributed by atoms with van der Waals surface area (Å²) in [5.74, 6) is 2.14. The first kappa shape index (κ1) is 27.1. The summed E-state index contributed by atoms with van der Waals surface area (Å²) in [7, 11) is -0.434. The van der Waals surface area contributed by atoms with Gasteiger partial charge < -0.3 is 28.6 Å². The fourth-order valence-corrected chi connectivity index (χ4v) is 6.62. The second-order valence-electron chi connectivity index (χ2n) is 13.4. The number of ether oxygens (including phenoxy) is 2. The van der Waals surface area contributed by atoms with Gasteiger partial charge in [0.1, 0.15) is 11.6 Å². The Morgan fingerprint density at radius 3 is 1.80 bits per heavy atom. The van der Waals surface area contributed by atoms with E-state index in [4.69, 9.17) is 28.8 Å². The lowest BCUT2D eigenvalue weighted by atomic mass is 9.79. The van der Waals surface area contributed by atoms with E-state index in [0.717, 1.165) is 99.5 Å². The second kappa shape index (κ2) is 9.66. The van der Waals surface area contributed by atoms with Gasteiger partial charge in [0.2, 0.25) is 0 Å². The third-order valence-corrected chi connectivity index (χ3v) is 10.2. The molecule has 2 aliphatic carbocycles. The van der Waals surface area contributed by atoms with Crippen LogP contribution in [0.2, 0.25) is 0 Å². The monoisotopic (exact) mass is 610 g/mol. The molecular formula is C30H40BBrN4O4. The van der Waals surface area contributed by atoms with Crippen LogP contribution in [0.25, 0.3) is 0 Å². The number of nitrogens with zero attached hydrogens (tertiary/aromatic N) is 4. The first-order chi connectivity index (χ1) is 19.1. The van der Waals surface area contributed by atoms with Crippen LogP contribution in [0, 0.1) is 0 Å². The average Bonchev–Trinajstić information content (AvgIpc) is 3.84. The number of pyridine rings is 2. The molecule has 0 amide bonds. The van der Waals surface area contributed by atoms with Crippen molar-refractivity contribution in [3.63, 3.8) is 0 Å². The van der Waals surface area contributed by atoms with Crippen molar-refractivity contribution >= 4 is 40.1 Å². The van der Waals surface area contributed by atoms with Gasteiger partial charge in [-0.1, -0.05) is 6.07 Å². The Bertz CT molecular complexity index is 1280. The number of rotatable bonds is 6. The van der Waals surface area contributed by atoms with Crippen molar-refractivity contribution in [2.24, 2.45) is 0 Å². The predicted octanol–water partition coefficient (Wildman–Crippen LogP) is 4.06. The van der Waals surface area contributed by atoms with E-state index >= 15 is 0 Å². The molecule has 10 heteroatoms. The molecule has 0 bridgehead atoms. The zero-order valence-corrected chi connectivity index (χ0v) is 25.8. The molecular weight excluding hydrogens is 571 g/mol. The Balaban J connectivity index is 1.18. The Morgan fingerprint density at radius 2 is 1.27 bits per heavy atom. The molecule has 0 atom stereocenters. The summed E-state index contributed by atoms with van der Waals surface area (Å²) < 4.78 is 26.0. The van der Waals surface area contributed by atoms with Crippen LogP contribution in [-0.2, 0) is 31.6 Å². The molecule has 7 rings (SSSR count). The third-order valence-electron chi connectivity index (χ3n) is 9.77. The third kappa shape index (κ3) is 5.08. The van der Waals surface area contributed by atoms with Gasteiger partial charge in [-0.25, -0.2) is 9.97 Å². The van der Waals surface area contributed by atoms with Crippen LogP contribution in [0.5, 0.6) is 0 Å². The van der Waals surface area contributed by atoms with E-state index in [9.17, 15) is 0 Å². The van der Waals surface area contributed by atoms with Gasteiger partial charge >= 0.3 is 7.12 Å². The molecule has 0 radical (unpaired) electrons. The first-order valence-corrected chi connectivity index (χ1v) is 15.6. The van der Waals surface area contributed by atoms with Crippen molar-refractivity contribution in [3.05, 3.63) is 40.1 Å². The molecule has 0 aromatic carbocycles. The Kier molecular flexibility index (Phi) is 6.55. The lowest BCUT2D eigenvalue weighted by molar-refractivity contribution is 0.00578. The van der Waals surface area contributed by atoms with Crippen LogP contribution in [0.1, 0.15) is 64.5 Å². The minimum atomic E-state index is -0.434. The topological polar surface area (TPSA) is 69.2 Å². The van der Waals surface area contributed by atoms with E-state index < -0.39 is 18.3 Å². The highest BCUT2D eigenvalue weighted by molar-refractivity contribution is 9.10. The number of halogens is 1. The van der Waals surface area contributed by atoms with Crippen molar-refractivity contribution in [1.29, 1.82) is 0 Å². The average molecular weight is 611 g/mol.